The van der Waals surface area contributed by atoms with Crippen molar-refractivity contribution in [3.63, 3.8) is 0 Å². The van der Waals surface area contributed by atoms with Gasteiger partial charge in [-0.1, -0.05) is 46.9 Å². The van der Waals surface area contributed by atoms with Gasteiger partial charge in [-0.25, -0.2) is 5.43 Å². The van der Waals surface area contributed by atoms with Gasteiger partial charge in [-0.3, -0.25) is 4.79 Å². The van der Waals surface area contributed by atoms with E-state index in [1.54, 1.807) is 30.3 Å². The number of ether oxygens (including phenoxy) is 3. The Labute approximate surface area is 207 Å². The van der Waals surface area contributed by atoms with E-state index in [4.69, 9.17) is 49.0 Å². The van der Waals surface area contributed by atoms with Gasteiger partial charge in [0.05, 0.1) is 17.8 Å². The quantitative estimate of drug-likeness (QED) is 0.264. The second kappa shape index (κ2) is 12.3. The molecule has 33 heavy (non-hydrogen) atoms. The SMILES string of the molecule is CCOc1cc(C=NNC(=O)COc2ccc(Cl)cc2Cl)ccc1OCc1ccc(Cl)cc1. The fourth-order valence-electron chi connectivity index (χ4n) is 2.68. The highest BCUT2D eigenvalue weighted by molar-refractivity contribution is 6.35. The number of rotatable bonds is 10. The molecule has 0 radical (unpaired) electrons. The minimum Gasteiger partial charge on any atom is -0.490 e. The Balaban J connectivity index is 1.55. The minimum atomic E-state index is -0.440. The molecular formula is C24H21Cl3N2O4. The number of nitrogens with zero attached hydrogens (tertiary/aromatic N) is 1. The van der Waals surface area contributed by atoms with Gasteiger partial charge in [-0.05, 0) is 66.6 Å². The molecular weight excluding hydrogens is 487 g/mol. The van der Waals surface area contributed by atoms with Crippen molar-refractivity contribution in [2.75, 3.05) is 13.2 Å². The molecule has 3 rings (SSSR count). The molecule has 0 saturated heterocycles. The van der Waals surface area contributed by atoms with Crippen LogP contribution in [0.4, 0.5) is 0 Å². The second-order valence-electron chi connectivity index (χ2n) is 6.71. The van der Waals surface area contributed by atoms with Gasteiger partial charge in [-0.2, -0.15) is 5.10 Å². The second-order valence-corrected chi connectivity index (χ2v) is 7.99. The lowest BCUT2D eigenvalue weighted by molar-refractivity contribution is -0.123. The lowest BCUT2D eigenvalue weighted by Crippen LogP contribution is -2.24. The van der Waals surface area contributed by atoms with Crippen molar-refractivity contribution in [2.24, 2.45) is 5.10 Å². The van der Waals surface area contributed by atoms with Gasteiger partial charge in [0.2, 0.25) is 0 Å². The zero-order chi connectivity index (χ0) is 23.6. The summed E-state index contributed by atoms with van der Waals surface area (Å²) in [5.41, 5.74) is 4.11. The van der Waals surface area contributed by atoms with Crippen LogP contribution in [-0.2, 0) is 11.4 Å². The highest BCUT2D eigenvalue weighted by atomic mass is 35.5. The summed E-state index contributed by atoms with van der Waals surface area (Å²) in [6, 6.07) is 17.5. The molecule has 0 aromatic heterocycles. The lowest BCUT2D eigenvalue weighted by Gasteiger charge is -2.12. The summed E-state index contributed by atoms with van der Waals surface area (Å²) in [5, 5.41) is 5.43. The van der Waals surface area contributed by atoms with Crippen molar-refractivity contribution in [3.05, 3.63) is 86.9 Å². The maximum atomic E-state index is 12.0. The normalized spacial score (nSPS) is 10.8. The van der Waals surface area contributed by atoms with Gasteiger partial charge in [-0.15, -0.1) is 0 Å². The zero-order valence-corrected chi connectivity index (χ0v) is 20.0. The van der Waals surface area contributed by atoms with Crippen molar-refractivity contribution in [3.8, 4) is 17.2 Å². The smallest absolute Gasteiger partial charge is 0.277 e. The predicted octanol–water partition coefficient (Wildman–Crippen LogP) is 6.15. The molecule has 0 aliphatic heterocycles. The van der Waals surface area contributed by atoms with Crippen LogP contribution in [0, 0.1) is 0 Å². The van der Waals surface area contributed by atoms with Crippen LogP contribution in [0.25, 0.3) is 0 Å². The first kappa shape index (κ1) is 24.7. The van der Waals surface area contributed by atoms with E-state index in [9.17, 15) is 4.79 Å². The van der Waals surface area contributed by atoms with E-state index < -0.39 is 5.91 Å². The first-order valence-corrected chi connectivity index (χ1v) is 11.1. The summed E-state index contributed by atoms with van der Waals surface area (Å²) in [5.74, 6) is 1.09. The summed E-state index contributed by atoms with van der Waals surface area (Å²) in [6.45, 7) is 2.48. The van der Waals surface area contributed by atoms with E-state index in [-0.39, 0.29) is 6.61 Å². The molecule has 0 spiro atoms. The van der Waals surface area contributed by atoms with Crippen molar-refractivity contribution in [1.29, 1.82) is 0 Å². The molecule has 0 unspecified atom stereocenters. The fourth-order valence-corrected chi connectivity index (χ4v) is 3.27. The van der Waals surface area contributed by atoms with Gasteiger partial charge in [0, 0.05) is 10.0 Å². The summed E-state index contributed by atoms with van der Waals surface area (Å²) in [6.07, 6.45) is 1.50. The maximum absolute atomic E-state index is 12.0. The molecule has 0 saturated carbocycles. The van der Waals surface area contributed by atoms with Crippen LogP contribution in [-0.4, -0.2) is 25.3 Å². The summed E-state index contributed by atoms with van der Waals surface area (Å²) in [7, 11) is 0. The Morgan fingerprint density at radius 3 is 2.33 bits per heavy atom. The number of amides is 1. The molecule has 0 bridgehead atoms. The van der Waals surface area contributed by atoms with Crippen LogP contribution in [0.3, 0.4) is 0 Å². The number of benzene rings is 3. The Morgan fingerprint density at radius 2 is 1.61 bits per heavy atom. The third kappa shape index (κ3) is 7.86. The molecule has 0 atom stereocenters. The van der Waals surface area contributed by atoms with Crippen molar-refractivity contribution >= 4 is 46.9 Å². The third-order valence-corrected chi connectivity index (χ3v) is 5.01. The molecule has 6 nitrogen and oxygen atoms in total. The number of halogens is 3. The number of carbonyl (C=O) groups excluding carboxylic acids is 1. The van der Waals surface area contributed by atoms with Crippen LogP contribution in [0.5, 0.6) is 17.2 Å². The molecule has 9 heteroatoms. The van der Waals surface area contributed by atoms with Gasteiger partial charge in [0.15, 0.2) is 18.1 Å². The number of carbonyl (C=O) groups is 1. The van der Waals surface area contributed by atoms with E-state index in [1.165, 1.54) is 12.3 Å². The first-order chi connectivity index (χ1) is 15.9. The summed E-state index contributed by atoms with van der Waals surface area (Å²) >= 11 is 17.8. The summed E-state index contributed by atoms with van der Waals surface area (Å²) < 4.78 is 16.9. The number of hydrogen-bond donors (Lipinski definition) is 1. The van der Waals surface area contributed by atoms with Gasteiger partial charge < -0.3 is 14.2 Å². The first-order valence-electron chi connectivity index (χ1n) is 9.98. The number of hydrogen-bond acceptors (Lipinski definition) is 5. The molecule has 172 valence electrons. The predicted molar refractivity (Wildman–Crippen MR) is 131 cm³/mol. The topological polar surface area (TPSA) is 69.2 Å². The largest absolute Gasteiger partial charge is 0.490 e. The Hall–Kier alpha value is -2.93. The average molecular weight is 508 g/mol. The van der Waals surface area contributed by atoms with E-state index >= 15 is 0 Å². The van der Waals surface area contributed by atoms with Crippen LogP contribution >= 0.6 is 34.8 Å². The van der Waals surface area contributed by atoms with E-state index in [1.807, 2.05) is 31.2 Å². The minimum absolute atomic E-state index is 0.250. The van der Waals surface area contributed by atoms with Crippen molar-refractivity contribution in [1.82, 2.24) is 5.43 Å². The van der Waals surface area contributed by atoms with Crippen LogP contribution < -0.4 is 19.6 Å². The molecule has 0 fully saturated rings. The highest BCUT2D eigenvalue weighted by Crippen LogP contribution is 2.29. The van der Waals surface area contributed by atoms with Crippen molar-refractivity contribution in [2.45, 2.75) is 13.5 Å². The molecule has 1 N–H and O–H groups in total. The molecule has 3 aromatic carbocycles. The van der Waals surface area contributed by atoms with Gasteiger partial charge in [0.1, 0.15) is 12.4 Å². The van der Waals surface area contributed by atoms with E-state index in [0.29, 0.717) is 45.5 Å². The number of hydrazone groups is 1. The average Bonchev–Trinajstić information content (AvgIpc) is 2.79. The molecule has 0 aliphatic carbocycles. The van der Waals surface area contributed by atoms with Crippen LogP contribution in [0.1, 0.15) is 18.1 Å². The molecule has 0 heterocycles. The van der Waals surface area contributed by atoms with Crippen molar-refractivity contribution < 1.29 is 19.0 Å². The van der Waals surface area contributed by atoms with Crippen LogP contribution in [0.15, 0.2) is 65.8 Å². The monoisotopic (exact) mass is 506 g/mol. The molecule has 1 amide bonds. The Kier molecular flexibility index (Phi) is 9.24. The lowest BCUT2D eigenvalue weighted by atomic mass is 10.2. The maximum Gasteiger partial charge on any atom is 0.277 e. The van der Waals surface area contributed by atoms with Gasteiger partial charge >= 0.3 is 0 Å². The van der Waals surface area contributed by atoms with Gasteiger partial charge in [0.25, 0.3) is 5.91 Å². The zero-order valence-electron chi connectivity index (χ0n) is 17.7. The molecule has 3 aromatic rings. The molecule has 0 aliphatic rings. The Morgan fingerprint density at radius 1 is 0.879 bits per heavy atom. The standard InChI is InChI=1S/C24H21Cl3N2O4/c1-2-31-23-11-17(5-9-22(23)32-14-16-3-6-18(25)7-4-16)13-28-29-24(30)15-33-21-10-8-19(26)12-20(21)27/h3-13H,2,14-15H2,1H3,(H,29,30). The van der Waals surface area contributed by atoms with Crippen LogP contribution in [0.2, 0.25) is 15.1 Å². The fraction of sp³-hybridized carbons (Fsp3) is 0.167. The van der Waals surface area contributed by atoms with E-state index in [0.717, 1.165) is 11.1 Å². The summed E-state index contributed by atoms with van der Waals surface area (Å²) in [4.78, 5) is 12.0. The van der Waals surface area contributed by atoms with E-state index in [2.05, 4.69) is 10.5 Å². The number of nitrogens with one attached hydrogen (secondary N) is 1. The Bertz CT molecular complexity index is 1120. The highest BCUT2D eigenvalue weighted by Gasteiger charge is 2.08. The third-order valence-electron chi connectivity index (χ3n) is 4.23.